The summed E-state index contributed by atoms with van der Waals surface area (Å²) in [6.45, 7) is 6.23. The van der Waals surface area contributed by atoms with Gasteiger partial charge in [-0.15, -0.1) is 0 Å². The van der Waals surface area contributed by atoms with Gasteiger partial charge in [-0.1, -0.05) is 31.9 Å². The number of piperidine rings is 1. The van der Waals surface area contributed by atoms with Crippen LogP contribution in [0.2, 0.25) is 5.02 Å². The number of aryl methyl sites for hydroxylation is 1. The molecule has 0 spiro atoms. The number of nitrogens with zero attached hydrogens (tertiary/aromatic N) is 2. The van der Waals surface area contributed by atoms with Crippen LogP contribution in [-0.2, 0) is 16.4 Å². The number of unbranched alkanes of at least 4 members (excludes halogenated alkanes) is 1. The van der Waals surface area contributed by atoms with Crippen LogP contribution in [-0.4, -0.2) is 26.1 Å². The number of pyridine rings is 1. The summed E-state index contributed by atoms with van der Waals surface area (Å²) < 4.78 is 43.6. The third kappa shape index (κ3) is 4.66. The molecule has 2 heterocycles. The van der Waals surface area contributed by atoms with Gasteiger partial charge in [0.25, 0.3) is 0 Å². The highest BCUT2D eigenvalue weighted by molar-refractivity contribution is 7.91. The van der Waals surface area contributed by atoms with Gasteiger partial charge < -0.3 is 9.47 Å². The Labute approximate surface area is 198 Å². The lowest BCUT2D eigenvalue weighted by Crippen LogP contribution is -2.35. The molecule has 8 heteroatoms. The normalized spacial score (nSPS) is 17.0. The molecule has 0 saturated carbocycles. The Kier molecular flexibility index (Phi) is 6.82. The topological polar surface area (TPSA) is 59.4 Å². The molecule has 4 rings (SSSR count). The van der Waals surface area contributed by atoms with Crippen LogP contribution in [0.15, 0.2) is 57.2 Å². The fourth-order valence-electron chi connectivity index (χ4n) is 4.47. The smallest absolute Gasteiger partial charge is 0.211 e. The van der Waals surface area contributed by atoms with E-state index in [-0.39, 0.29) is 15.2 Å². The van der Waals surface area contributed by atoms with Crippen molar-refractivity contribution >= 4 is 38.0 Å². The standard InChI is InChI=1S/C25H28ClFN2O3S/c1-3-4-11-29-16-24(33(31,32)19-9-7-18(26)8-10-19)25(30)20-13-21(27)23(14-22(20)29)28-12-5-6-17(2)15-28/h7-10,13-14,16-17H,3-6,11-12,15H2,1-2H3/t17-/m1/s1. The minimum atomic E-state index is -4.10. The molecule has 1 aromatic heterocycles. The second kappa shape index (κ2) is 9.47. The molecule has 2 aromatic carbocycles. The van der Waals surface area contributed by atoms with E-state index in [0.29, 0.717) is 28.7 Å². The van der Waals surface area contributed by atoms with E-state index in [9.17, 15) is 13.2 Å². The molecule has 3 aromatic rings. The van der Waals surface area contributed by atoms with Gasteiger partial charge in [0.1, 0.15) is 10.7 Å². The van der Waals surface area contributed by atoms with E-state index >= 15 is 4.39 Å². The first-order valence-electron chi connectivity index (χ1n) is 11.3. The number of fused-ring (bicyclic) bond motifs is 1. The van der Waals surface area contributed by atoms with Crippen molar-refractivity contribution in [3.05, 3.63) is 63.7 Å². The molecule has 0 N–H and O–H groups in total. The van der Waals surface area contributed by atoms with Crippen LogP contribution >= 0.6 is 11.6 Å². The first-order valence-corrected chi connectivity index (χ1v) is 13.2. The summed E-state index contributed by atoms with van der Waals surface area (Å²) in [4.78, 5) is 15.0. The van der Waals surface area contributed by atoms with E-state index in [1.807, 2.05) is 11.8 Å². The largest absolute Gasteiger partial charge is 0.369 e. The molecule has 1 aliphatic heterocycles. The van der Waals surface area contributed by atoms with Crippen molar-refractivity contribution < 1.29 is 12.8 Å². The second-order valence-electron chi connectivity index (χ2n) is 8.84. The highest BCUT2D eigenvalue weighted by Crippen LogP contribution is 2.30. The molecule has 1 aliphatic rings. The van der Waals surface area contributed by atoms with Crippen molar-refractivity contribution in [1.29, 1.82) is 0 Å². The number of aromatic nitrogens is 1. The Bertz CT molecular complexity index is 1340. The Morgan fingerprint density at radius 3 is 2.58 bits per heavy atom. The average molecular weight is 491 g/mol. The van der Waals surface area contributed by atoms with E-state index in [1.54, 1.807) is 10.6 Å². The van der Waals surface area contributed by atoms with E-state index in [1.165, 1.54) is 36.5 Å². The van der Waals surface area contributed by atoms with Crippen LogP contribution in [0.4, 0.5) is 10.1 Å². The lowest BCUT2D eigenvalue weighted by atomic mass is 9.99. The van der Waals surface area contributed by atoms with Crippen LogP contribution in [0.3, 0.4) is 0 Å². The van der Waals surface area contributed by atoms with Gasteiger partial charge in [0, 0.05) is 30.9 Å². The van der Waals surface area contributed by atoms with Crippen LogP contribution in [0.5, 0.6) is 0 Å². The predicted molar refractivity (Wildman–Crippen MR) is 131 cm³/mol. The molecule has 33 heavy (non-hydrogen) atoms. The van der Waals surface area contributed by atoms with E-state index in [2.05, 4.69) is 6.92 Å². The number of sulfone groups is 1. The van der Waals surface area contributed by atoms with Crippen molar-refractivity contribution in [3.8, 4) is 0 Å². The predicted octanol–water partition coefficient (Wildman–Crippen LogP) is 5.66. The van der Waals surface area contributed by atoms with Crippen LogP contribution < -0.4 is 10.3 Å². The lowest BCUT2D eigenvalue weighted by molar-refractivity contribution is 0.442. The van der Waals surface area contributed by atoms with Gasteiger partial charge in [-0.05, 0) is 61.6 Å². The van der Waals surface area contributed by atoms with Gasteiger partial charge in [-0.2, -0.15) is 0 Å². The van der Waals surface area contributed by atoms with Gasteiger partial charge >= 0.3 is 0 Å². The fourth-order valence-corrected chi connectivity index (χ4v) is 5.96. The number of halogens is 2. The lowest BCUT2D eigenvalue weighted by Gasteiger charge is -2.33. The third-order valence-electron chi connectivity index (χ3n) is 6.28. The minimum Gasteiger partial charge on any atom is -0.369 e. The van der Waals surface area contributed by atoms with Gasteiger partial charge in [0.05, 0.1) is 21.5 Å². The number of anilines is 1. The Morgan fingerprint density at radius 2 is 1.91 bits per heavy atom. The molecule has 1 saturated heterocycles. The van der Waals surface area contributed by atoms with Gasteiger partial charge in [-0.3, -0.25) is 4.79 Å². The van der Waals surface area contributed by atoms with Crippen molar-refractivity contribution in [1.82, 2.24) is 4.57 Å². The third-order valence-corrected chi connectivity index (χ3v) is 8.29. The molecule has 0 bridgehead atoms. The quantitative estimate of drug-likeness (QED) is 0.447. The maximum absolute atomic E-state index is 15.2. The summed E-state index contributed by atoms with van der Waals surface area (Å²) in [6, 6.07) is 8.60. The number of hydrogen-bond donors (Lipinski definition) is 0. The van der Waals surface area contributed by atoms with Gasteiger partial charge in [-0.25, -0.2) is 12.8 Å². The van der Waals surface area contributed by atoms with Crippen LogP contribution in [0, 0.1) is 11.7 Å². The summed E-state index contributed by atoms with van der Waals surface area (Å²) in [5, 5.41) is 0.474. The van der Waals surface area contributed by atoms with Crippen molar-refractivity contribution in [3.63, 3.8) is 0 Å². The molecular weight excluding hydrogens is 463 g/mol. The molecule has 0 unspecified atom stereocenters. The van der Waals surface area contributed by atoms with Crippen molar-refractivity contribution in [2.75, 3.05) is 18.0 Å². The van der Waals surface area contributed by atoms with Crippen molar-refractivity contribution in [2.24, 2.45) is 5.92 Å². The first-order chi connectivity index (χ1) is 15.7. The highest BCUT2D eigenvalue weighted by atomic mass is 35.5. The Hall–Kier alpha value is -2.38. The number of rotatable bonds is 6. The Balaban J connectivity index is 1.92. The van der Waals surface area contributed by atoms with Crippen LogP contribution in [0.1, 0.15) is 39.5 Å². The molecule has 0 amide bonds. The molecule has 0 aliphatic carbocycles. The molecule has 176 valence electrons. The minimum absolute atomic E-state index is 0.0233. The zero-order chi connectivity index (χ0) is 23.8. The summed E-state index contributed by atoms with van der Waals surface area (Å²) in [6.07, 6.45) is 5.19. The first kappa shape index (κ1) is 23.8. The summed E-state index contributed by atoms with van der Waals surface area (Å²) in [5.74, 6) is -0.0418. The van der Waals surface area contributed by atoms with Crippen molar-refractivity contribution in [2.45, 2.75) is 55.9 Å². The SMILES string of the molecule is CCCCn1cc(S(=O)(=O)c2ccc(Cl)cc2)c(=O)c2cc(F)c(N3CCC[C@@H](C)C3)cc21. The summed E-state index contributed by atoms with van der Waals surface area (Å²) in [5.41, 5.74) is 0.329. The molecule has 1 atom stereocenters. The second-order valence-corrected chi connectivity index (χ2v) is 11.2. The zero-order valence-electron chi connectivity index (χ0n) is 18.9. The van der Waals surface area contributed by atoms with E-state index < -0.39 is 21.1 Å². The molecule has 1 fully saturated rings. The number of hydrogen-bond acceptors (Lipinski definition) is 4. The number of benzene rings is 2. The maximum Gasteiger partial charge on any atom is 0.211 e. The van der Waals surface area contributed by atoms with Gasteiger partial charge in [0.15, 0.2) is 0 Å². The summed E-state index contributed by atoms with van der Waals surface area (Å²) >= 11 is 5.90. The monoisotopic (exact) mass is 490 g/mol. The van der Waals surface area contributed by atoms with Gasteiger partial charge in [0.2, 0.25) is 15.3 Å². The Morgan fingerprint density at radius 1 is 1.18 bits per heavy atom. The average Bonchev–Trinajstić information content (AvgIpc) is 2.78. The fraction of sp³-hybridized carbons (Fsp3) is 0.400. The van der Waals surface area contributed by atoms with E-state index in [0.717, 1.165) is 38.8 Å². The van der Waals surface area contributed by atoms with E-state index in [4.69, 9.17) is 11.6 Å². The molecular formula is C25H28ClFN2O3S. The summed E-state index contributed by atoms with van der Waals surface area (Å²) in [7, 11) is -4.10. The molecule has 0 radical (unpaired) electrons. The highest BCUT2D eigenvalue weighted by Gasteiger charge is 2.26. The maximum atomic E-state index is 15.2. The molecule has 5 nitrogen and oxygen atoms in total. The van der Waals surface area contributed by atoms with Crippen LogP contribution in [0.25, 0.3) is 10.9 Å². The zero-order valence-corrected chi connectivity index (χ0v) is 20.4.